The zero-order chi connectivity index (χ0) is 10.8. The molecule has 0 amide bonds. The van der Waals surface area contributed by atoms with Gasteiger partial charge in [0.25, 0.3) is 0 Å². The van der Waals surface area contributed by atoms with Gasteiger partial charge >= 0.3 is 5.97 Å². The Kier molecular flexibility index (Phi) is 2.34. The zero-order valence-electron chi connectivity index (χ0n) is 7.33. The molecule has 7 heteroatoms. The highest BCUT2D eigenvalue weighted by molar-refractivity contribution is 6.31. The third kappa shape index (κ3) is 1.94. The molecule has 6 nitrogen and oxygen atoms in total. The SMILES string of the molecule is O=C(O)c1cc(Cl)cc(-n2cnnn2)c1. The van der Waals surface area contributed by atoms with Crippen LogP contribution in [0.1, 0.15) is 10.4 Å². The fraction of sp³-hybridized carbons (Fsp3) is 0. The quantitative estimate of drug-likeness (QED) is 0.824. The summed E-state index contributed by atoms with van der Waals surface area (Å²) in [5.74, 6) is -1.05. The molecule has 2 rings (SSSR count). The number of carboxylic acids is 1. The molecule has 0 saturated carbocycles. The van der Waals surface area contributed by atoms with Crippen LogP contribution in [-0.2, 0) is 0 Å². The summed E-state index contributed by atoms with van der Waals surface area (Å²) < 4.78 is 1.33. The highest BCUT2D eigenvalue weighted by Gasteiger charge is 2.07. The number of aromatic nitrogens is 4. The zero-order valence-corrected chi connectivity index (χ0v) is 8.09. The van der Waals surface area contributed by atoms with Crippen LogP contribution in [0.5, 0.6) is 0 Å². The van der Waals surface area contributed by atoms with Gasteiger partial charge in [-0.15, -0.1) is 5.10 Å². The fourth-order valence-corrected chi connectivity index (χ4v) is 1.34. The van der Waals surface area contributed by atoms with Crippen molar-refractivity contribution in [3.63, 3.8) is 0 Å². The first-order valence-electron chi connectivity index (χ1n) is 3.94. The van der Waals surface area contributed by atoms with E-state index in [4.69, 9.17) is 16.7 Å². The predicted octanol–water partition coefficient (Wildman–Crippen LogP) is 1.01. The van der Waals surface area contributed by atoms with Gasteiger partial charge in [0.1, 0.15) is 6.33 Å². The molecular formula is C8H5ClN4O2. The summed E-state index contributed by atoms with van der Waals surface area (Å²) in [6.07, 6.45) is 1.36. The van der Waals surface area contributed by atoms with Crippen molar-refractivity contribution in [3.05, 3.63) is 35.1 Å². The van der Waals surface area contributed by atoms with Crippen molar-refractivity contribution < 1.29 is 9.90 Å². The van der Waals surface area contributed by atoms with Gasteiger partial charge < -0.3 is 5.11 Å². The average molecular weight is 225 g/mol. The molecule has 0 radical (unpaired) electrons. The average Bonchev–Trinajstić information content (AvgIpc) is 2.69. The molecule has 0 atom stereocenters. The van der Waals surface area contributed by atoms with E-state index in [1.807, 2.05) is 0 Å². The van der Waals surface area contributed by atoms with Crippen LogP contribution >= 0.6 is 11.6 Å². The lowest BCUT2D eigenvalue weighted by molar-refractivity contribution is 0.0697. The summed E-state index contributed by atoms with van der Waals surface area (Å²) in [5.41, 5.74) is 0.595. The highest BCUT2D eigenvalue weighted by Crippen LogP contribution is 2.17. The molecule has 0 bridgehead atoms. The van der Waals surface area contributed by atoms with Crippen molar-refractivity contribution >= 4 is 17.6 Å². The second kappa shape index (κ2) is 3.66. The molecular weight excluding hydrogens is 220 g/mol. The number of hydrogen-bond acceptors (Lipinski definition) is 4. The van der Waals surface area contributed by atoms with Gasteiger partial charge in [0, 0.05) is 5.02 Å². The van der Waals surface area contributed by atoms with Crippen LogP contribution < -0.4 is 0 Å². The van der Waals surface area contributed by atoms with E-state index >= 15 is 0 Å². The molecule has 1 aromatic carbocycles. The fourth-order valence-electron chi connectivity index (χ4n) is 1.11. The lowest BCUT2D eigenvalue weighted by atomic mass is 10.2. The topological polar surface area (TPSA) is 80.9 Å². The molecule has 15 heavy (non-hydrogen) atoms. The van der Waals surface area contributed by atoms with Gasteiger partial charge in [-0.05, 0) is 28.6 Å². The second-order valence-corrected chi connectivity index (χ2v) is 3.19. The van der Waals surface area contributed by atoms with Crippen LogP contribution in [0.2, 0.25) is 5.02 Å². The highest BCUT2D eigenvalue weighted by atomic mass is 35.5. The summed E-state index contributed by atoms with van der Waals surface area (Å²) in [5, 5.41) is 19.7. The van der Waals surface area contributed by atoms with Crippen molar-refractivity contribution in [3.8, 4) is 5.69 Å². The normalized spacial score (nSPS) is 10.2. The number of carbonyl (C=O) groups is 1. The summed E-state index contributed by atoms with van der Waals surface area (Å²) in [7, 11) is 0. The Labute approximate surface area is 89.1 Å². The van der Waals surface area contributed by atoms with Crippen molar-refractivity contribution in [1.82, 2.24) is 20.2 Å². The number of hydrogen-bond donors (Lipinski definition) is 1. The Balaban J connectivity index is 2.54. The molecule has 1 heterocycles. The van der Waals surface area contributed by atoms with E-state index in [1.165, 1.54) is 23.1 Å². The Morgan fingerprint density at radius 3 is 2.80 bits per heavy atom. The number of benzene rings is 1. The minimum atomic E-state index is -1.05. The maximum atomic E-state index is 10.8. The van der Waals surface area contributed by atoms with Gasteiger partial charge in [-0.3, -0.25) is 0 Å². The Morgan fingerprint density at radius 2 is 2.20 bits per heavy atom. The maximum Gasteiger partial charge on any atom is 0.335 e. The van der Waals surface area contributed by atoms with Crippen LogP contribution in [0, 0.1) is 0 Å². The third-order valence-electron chi connectivity index (χ3n) is 1.74. The largest absolute Gasteiger partial charge is 0.478 e. The van der Waals surface area contributed by atoms with Crippen molar-refractivity contribution in [2.45, 2.75) is 0 Å². The minimum absolute atomic E-state index is 0.0907. The molecule has 76 valence electrons. The molecule has 0 fully saturated rings. The molecule has 1 N–H and O–H groups in total. The van der Waals surface area contributed by atoms with Gasteiger partial charge in [-0.1, -0.05) is 11.6 Å². The standard InChI is InChI=1S/C8H5ClN4O2/c9-6-1-5(8(14)15)2-7(3-6)13-4-10-11-12-13/h1-4H,(H,14,15). The third-order valence-corrected chi connectivity index (χ3v) is 1.96. The molecule has 2 aromatic rings. The smallest absolute Gasteiger partial charge is 0.335 e. The first kappa shape index (κ1) is 9.60. The van der Waals surface area contributed by atoms with Crippen LogP contribution in [0.15, 0.2) is 24.5 Å². The van der Waals surface area contributed by atoms with Crippen LogP contribution in [0.3, 0.4) is 0 Å². The van der Waals surface area contributed by atoms with Crippen LogP contribution in [-0.4, -0.2) is 31.3 Å². The van der Waals surface area contributed by atoms with E-state index in [1.54, 1.807) is 6.07 Å². The molecule has 0 spiro atoms. The minimum Gasteiger partial charge on any atom is -0.478 e. The monoisotopic (exact) mass is 224 g/mol. The van der Waals surface area contributed by atoms with E-state index in [9.17, 15) is 4.79 Å². The Bertz CT molecular complexity index is 497. The summed E-state index contributed by atoms with van der Waals surface area (Å²) in [6, 6.07) is 4.37. The number of nitrogens with zero attached hydrogens (tertiary/aromatic N) is 4. The lowest BCUT2D eigenvalue weighted by Gasteiger charge is -2.02. The van der Waals surface area contributed by atoms with Crippen LogP contribution in [0.25, 0.3) is 5.69 Å². The number of halogens is 1. The van der Waals surface area contributed by atoms with E-state index < -0.39 is 5.97 Å². The number of rotatable bonds is 2. The number of aromatic carboxylic acids is 1. The Morgan fingerprint density at radius 1 is 1.40 bits per heavy atom. The first-order valence-corrected chi connectivity index (χ1v) is 4.32. The van der Waals surface area contributed by atoms with Gasteiger partial charge in [0.2, 0.25) is 0 Å². The first-order chi connectivity index (χ1) is 7.16. The molecule has 0 aliphatic heterocycles. The summed E-state index contributed by atoms with van der Waals surface area (Å²) in [6.45, 7) is 0. The molecule has 0 aliphatic carbocycles. The second-order valence-electron chi connectivity index (χ2n) is 2.76. The van der Waals surface area contributed by atoms with Crippen LogP contribution in [0.4, 0.5) is 0 Å². The van der Waals surface area contributed by atoms with E-state index in [2.05, 4.69) is 15.5 Å². The molecule has 0 unspecified atom stereocenters. The molecule has 0 saturated heterocycles. The van der Waals surface area contributed by atoms with Gasteiger partial charge in [0.15, 0.2) is 0 Å². The number of tetrazole rings is 1. The van der Waals surface area contributed by atoms with Gasteiger partial charge in [0.05, 0.1) is 11.3 Å². The lowest BCUT2D eigenvalue weighted by Crippen LogP contribution is -2.01. The Hall–Kier alpha value is -1.95. The van der Waals surface area contributed by atoms with Crippen molar-refractivity contribution in [2.24, 2.45) is 0 Å². The van der Waals surface area contributed by atoms with Crippen molar-refractivity contribution in [1.29, 1.82) is 0 Å². The van der Waals surface area contributed by atoms with E-state index in [0.29, 0.717) is 10.7 Å². The maximum absolute atomic E-state index is 10.8. The predicted molar refractivity (Wildman–Crippen MR) is 51.1 cm³/mol. The van der Waals surface area contributed by atoms with E-state index in [-0.39, 0.29) is 5.56 Å². The summed E-state index contributed by atoms with van der Waals surface area (Å²) >= 11 is 5.77. The van der Waals surface area contributed by atoms with Gasteiger partial charge in [-0.2, -0.15) is 0 Å². The summed E-state index contributed by atoms with van der Waals surface area (Å²) in [4.78, 5) is 10.8. The van der Waals surface area contributed by atoms with Gasteiger partial charge in [-0.25, -0.2) is 9.48 Å². The number of carboxylic acid groups (broad SMARTS) is 1. The van der Waals surface area contributed by atoms with E-state index in [0.717, 1.165) is 0 Å². The van der Waals surface area contributed by atoms with Crippen molar-refractivity contribution in [2.75, 3.05) is 0 Å². The molecule has 0 aliphatic rings. The molecule has 1 aromatic heterocycles.